The van der Waals surface area contributed by atoms with Gasteiger partial charge in [-0.25, -0.2) is 5.43 Å². The van der Waals surface area contributed by atoms with Crippen LogP contribution in [-0.2, 0) is 0 Å². The number of thiophene rings is 1. The molecule has 1 aromatic carbocycles. The zero-order valence-corrected chi connectivity index (χ0v) is 12.4. The molecule has 5 heteroatoms. The summed E-state index contributed by atoms with van der Waals surface area (Å²) in [6, 6.07) is 10.3. The number of pyridine rings is 1. The van der Waals surface area contributed by atoms with Gasteiger partial charge in [-0.3, -0.25) is 10.8 Å². The highest BCUT2D eigenvalue weighted by Gasteiger charge is 2.16. The molecule has 96 valence electrons. The number of hydrogen-bond acceptors (Lipinski definition) is 4. The molecule has 2 heterocycles. The van der Waals surface area contributed by atoms with Crippen LogP contribution in [0.1, 0.15) is 16.5 Å². The Morgan fingerprint density at radius 1 is 1.32 bits per heavy atom. The van der Waals surface area contributed by atoms with E-state index in [1.165, 1.54) is 10.3 Å². The van der Waals surface area contributed by atoms with E-state index >= 15 is 0 Å². The zero-order chi connectivity index (χ0) is 13.2. The van der Waals surface area contributed by atoms with E-state index < -0.39 is 0 Å². The van der Waals surface area contributed by atoms with Crippen molar-refractivity contribution in [3.8, 4) is 0 Å². The average molecular weight is 334 g/mol. The zero-order valence-electron chi connectivity index (χ0n) is 10.0. The summed E-state index contributed by atoms with van der Waals surface area (Å²) in [5.41, 5.74) is 4.04. The highest BCUT2D eigenvalue weighted by Crippen LogP contribution is 2.32. The van der Waals surface area contributed by atoms with E-state index in [1.807, 2.05) is 18.3 Å². The van der Waals surface area contributed by atoms with E-state index in [0.29, 0.717) is 0 Å². The molecule has 0 radical (unpaired) electrons. The van der Waals surface area contributed by atoms with Gasteiger partial charge in [0.1, 0.15) is 0 Å². The predicted octanol–water partition coefficient (Wildman–Crippen LogP) is 3.61. The Morgan fingerprint density at radius 3 is 2.95 bits per heavy atom. The van der Waals surface area contributed by atoms with Crippen molar-refractivity contribution in [3.05, 3.63) is 63.0 Å². The fourth-order valence-corrected chi connectivity index (χ4v) is 3.71. The summed E-state index contributed by atoms with van der Waals surface area (Å²) in [5, 5.41) is 4.35. The van der Waals surface area contributed by atoms with Gasteiger partial charge < -0.3 is 0 Å². The van der Waals surface area contributed by atoms with Crippen LogP contribution in [0.2, 0.25) is 0 Å². The van der Waals surface area contributed by atoms with Crippen molar-refractivity contribution in [1.82, 2.24) is 10.4 Å². The number of nitrogens with two attached hydrogens (primary N) is 1. The third-order valence-electron chi connectivity index (χ3n) is 3.07. The molecule has 3 rings (SSSR count). The maximum atomic E-state index is 5.76. The second kappa shape index (κ2) is 5.38. The average Bonchev–Trinajstić information content (AvgIpc) is 2.86. The quantitative estimate of drug-likeness (QED) is 0.568. The number of nitrogens with zero attached hydrogens (tertiary/aromatic N) is 1. The molecule has 0 aliphatic carbocycles. The minimum atomic E-state index is -0.0239. The molecule has 3 N–H and O–H groups in total. The van der Waals surface area contributed by atoms with Crippen LogP contribution in [0.25, 0.3) is 10.8 Å². The molecule has 19 heavy (non-hydrogen) atoms. The van der Waals surface area contributed by atoms with Crippen LogP contribution in [0, 0.1) is 0 Å². The Kier molecular flexibility index (Phi) is 3.61. The van der Waals surface area contributed by atoms with E-state index in [-0.39, 0.29) is 6.04 Å². The summed E-state index contributed by atoms with van der Waals surface area (Å²) in [6.45, 7) is 0. The Morgan fingerprint density at radius 2 is 2.21 bits per heavy atom. The van der Waals surface area contributed by atoms with Crippen LogP contribution >= 0.6 is 27.3 Å². The largest absolute Gasteiger partial charge is 0.271 e. The minimum absolute atomic E-state index is 0.0239. The third-order valence-corrected chi connectivity index (χ3v) is 4.83. The second-order valence-corrected chi connectivity index (χ2v) is 6.07. The molecule has 3 nitrogen and oxygen atoms in total. The number of halogens is 1. The van der Waals surface area contributed by atoms with Crippen molar-refractivity contribution < 1.29 is 0 Å². The second-order valence-electron chi connectivity index (χ2n) is 4.21. The van der Waals surface area contributed by atoms with Crippen molar-refractivity contribution in [2.24, 2.45) is 5.84 Å². The number of hydrazine groups is 1. The van der Waals surface area contributed by atoms with Gasteiger partial charge in [0.25, 0.3) is 0 Å². The Bertz CT molecular complexity index is 705. The highest BCUT2D eigenvalue weighted by atomic mass is 79.9. The van der Waals surface area contributed by atoms with Gasteiger partial charge in [-0.1, -0.05) is 18.2 Å². The molecule has 0 fully saturated rings. The van der Waals surface area contributed by atoms with E-state index in [4.69, 9.17) is 5.84 Å². The van der Waals surface area contributed by atoms with Crippen molar-refractivity contribution in [1.29, 1.82) is 0 Å². The molecule has 0 saturated heterocycles. The fourth-order valence-electron chi connectivity index (χ4n) is 2.19. The number of fused-ring (bicyclic) bond motifs is 1. The monoisotopic (exact) mass is 333 g/mol. The molecule has 0 aliphatic rings. The van der Waals surface area contributed by atoms with E-state index in [1.54, 1.807) is 17.5 Å². The molecule has 0 saturated carbocycles. The van der Waals surface area contributed by atoms with Gasteiger partial charge in [0.05, 0.1) is 6.04 Å². The summed E-state index contributed by atoms with van der Waals surface area (Å²) >= 11 is 5.16. The lowest BCUT2D eigenvalue weighted by Gasteiger charge is -2.16. The van der Waals surface area contributed by atoms with Crippen LogP contribution in [0.15, 0.2) is 52.6 Å². The SMILES string of the molecule is NNC(c1cc(Br)cs1)c1cccc2ccncc12. The first-order valence-corrected chi connectivity index (χ1v) is 7.49. The number of rotatable bonds is 3. The smallest absolute Gasteiger partial charge is 0.0809 e. The first kappa shape index (κ1) is 12.7. The Labute approximate surface area is 123 Å². The van der Waals surface area contributed by atoms with Gasteiger partial charge >= 0.3 is 0 Å². The van der Waals surface area contributed by atoms with E-state index in [0.717, 1.165) is 15.4 Å². The molecule has 0 aliphatic heterocycles. The third kappa shape index (κ3) is 2.42. The normalized spacial score (nSPS) is 12.7. The van der Waals surface area contributed by atoms with Crippen molar-refractivity contribution in [2.75, 3.05) is 0 Å². The van der Waals surface area contributed by atoms with Crippen molar-refractivity contribution in [3.63, 3.8) is 0 Å². The first-order valence-electron chi connectivity index (χ1n) is 5.82. The Hall–Kier alpha value is -1.27. The molecule has 2 aromatic heterocycles. The van der Waals surface area contributed by atoms with Crippen molar-refractivity contribution >= 4 is 38.0 Å². The lowest BCUT2D eigenvalue weighted by molar-refractivity contribution is 0.650. The van der Waals surface area contributed by atoms with Gasteiger partial charge in [0, 0.05) is 32.5 Å². The lowest BCUT2D eigenvalue weighted by atomic mass is 10.00. The summed E-state index contributed by atoms with van der Waals surface area (Å²) in [6.07, 6.45) is 3.69. The molecule has 0 bridgehead atoms. The first-order chi connectivity index (χ1) is 9.29. The molecular weight excluding hydrogens is 322 g/mol. The standard InChI is InChI=1S/C14H12BrN3S/c15-10-6-13(19-8-10)14(18-16)11-3-1-2-9-4-5-17-7-12(9)11/h1-8,14,18H,16H2. The molecular formula is C14H12BrN3S. The molecule has 0 amide bonds. The maximum Gasteiger partial charge on any atom is 0.0809 e. The van der Waals surface area contributed by atoms with Crippen LogP contribution in [0.4, 0.5) is 0 Å². The summed E-state index contributed by atoms with van der Waals surface area (Å²) < 4.78 is 1.08. The minimum Gasteiger partial charge on any atom is -0.271 e. The topological polar surface area (TPSA) is 50.9 Å². The lowest BCUT2D eigenvalue weighted by Crippen LogP contribution is -2.28. The van der Waals surface area contributed by atoms with E-state index in [2.05, 4.69) is 49.9 Å². The predicted molar refractivity (Wildman–Crippen MR) is 82.9 cm³/mol. The van der Waals surface area contributed by atoms with Gasteiger partial charge in [0.15, 0.2) is 0 Å². The van der Waals surface area contributed by atoms with Gasteiger partial charge in [-0.2, -0.15) is 0 Å². The summed E-state index contributed by atoms with van der Waals surface area (Å²) in [5.74, 6) is 5.76. The number of benzene rings is 1. The van der Waals surface area contributed by atoms with Crippen molar-refractivity contribution in [2.45, 2.75) is 6.04 Å². The van der Waals surface area contributed by atoms with E-state index in [9.17, 15) is 0 Å². The summed E-state index contributed by atoms with van der Waals surface area (Å²) in [7, 11) is 0. The number of hydrogen-bond donors (Lipinski definition) is 2. The van der Waals surface area contributed by atoms with Crippen LogP contribution in [0.3, 0.4) is 0 Å². The van der Waals surface area contributed by atoms with Crippen LogP contribution in [-0.4, -0.2) is 4.98 Å². The highest BCUT2D eigenvalue weighted by molar-refractivity contribution is 9.10. The van der Waals surface area contributed by atoms with Gasteiger partial charge in [-0.15, -0.1) is 11.3 Å². The van der Waals surface area contributed by atoms with Gasteiger partial charge in [0.2, 0.25) is 0 Å². The molecule has 1 atom stereocenters. The molecule has 3 aromatic rings. The molecule has 1 unspecified atom stereocenters. The maximum absolute atomic E-state index is 5.76. The van der Waals surface area contributed by atoms with Crippen LogP contribution in [0.5, 0.6) is 0 Å². The number of aromatic nitrogens is 1. The Balaban J connectivity index is 2.16. The van der Waals surface area contributed by atoms with Crippen LogP contribution < -0.4 is 11.3 Å². The summed E-state index contributed by atoms with van der Waals surface area (Å²) in [4.78, 5) is 5.39. The van der Waals surface area contributed by atoms with Gasteiger partial charge in [-0.05, 0) is 39.0 Å². The number of nitrogens with one attached hydrogen (secondary N) is 1. The molecule has 0 spiro atoms. The fraction of sp³-hybridized carbons (Fsp3) is 0.0714.